The number of benzene rings is 2. The molecule has 0 fully saturated rings. The van der Waals surface area contributed by atoms with E-state index in [1.165, 1.54) is 17.5 Å². The smallest absolute Gasteiger partial charge is 0.234 e. The number of imidazole rings is 1. The highest BCUT2D eigenvalue weighted by molar-refractivity contribution is 9.10. The molecule has 1 amide bonds. The minimum atomic E-state index is -0.823. The van der Waals surface area contributed by atoms with Crippen molar-refractivity contribution in [1.82, 2.24) is 9.55 Å². The molecular formula is C21H18BrF2N3OS. The Hall–Kier alpha value is -2.19. The zero-order valence-corrected chi connectivity index (χ0v) is 17.8. The lowest BCUT2D eigenvalue weighted by Crippen LogP contribution is -2.16. The molecule has 0 saturated heterocycles. The molecule has 3 aromatic rings. The number of nitrogens with one attached hydrogen (secondary N) is 1. The Balaban J connectivity index is 1.54. The molecule has 0 radical (unpaired) electrons. The molecule has 1 aliphatic carbocycles. The minimum absolute atomic E-state index is 0.0615. The van der Waals surface area contributed by atoms with Gasteiger partial charge in [0.15, 0.2) is 11.0 Å². The fourth-order valence-electron chi connectivity index (χ4n) is 3.42. The number of carbonyl (C=O) groups excluding carboxylic acids is 1. The molecule has 0 bridgehead atoms. The lowest BCUT2D eigenvalue weighted by molar-refractivity contribution is -0.113. The molecule has 1 aliphatic rings. The number of rotatable bonds is 5. The summed E-state index contributed by atoms with van der Waals surface area (Å²) in [4.78, 5) is 17.2. The Morgan fingerprint density at radius 2 is 1.93 bits per heavy atom. The maximum Gasteiger partial charge on any atom is 0.234 e. The number of para-hydroxylation sites is 1. The van der Waals surface area contributed by atoms with Crippen molar-refractivity contribution in [3.63, 3.8) is 0 Å². The lowest BCUT2D eigenvalue weighted by Gasteiger charge is -2.15. The topological polar surface area (TPSA) is 46.9 Å². The molecule has 8 heteroatoms. The van der Waals surface area contributed by atoms with Gasteiger partial charge in [-0.1, -0.05) is 30.0 Å². The van der Waals surface area contributed by atoms with Gasteiger partial charge in [0.25, 0.3) is 0 Å². The first-order chi connectivity index (χ1) is 14.0. The molecule has 0 spiro atoms. The summed E-state index contributed by atoms with van der Waals surface area (Å²) >= 11 is 4.39. The predicted octanol–water partition coefficient (Wildman–Crippen LogP) is 5.52. The highest BCUT2D eigenvalue weighted by atomic mass is 79.9. The van der Waals surface area contributed by atoms with Crippen LogP contribution in [0.5, 0.6) is 0 Å². The van der Waals surface area contributed by atoms with E-state index in [2.05, 4.69) is 25.8 Å². The van der Waals surface area contributed by atoms with Gasteiger partial charge in [0.1, 0.15) is 5.82 Å². The molecular weight excluding hydrogens is 460 g/mol. The third kappa shape index (κ3) is 4.38. The van der Waals surface area contributed by atoms with Gasteiger partial charge in [0, 0.05) is 21.9 Å². The first kappa shape index (κ1) is 20.1. The molecule has 1 heterocycles. The number of fused-ring (bicyclic) bond motifs is 1. The predicted molar refractivity (Wildman–Crippen MR) is 114 cm³/mol. The van der Waals surface area contributed by atoms with Crippen LogP contribution in [0.15, 0.2) is 52.1 Å². The molecule has 0 saturated carbocycles. The fourth-order valence-corrected chi connectivity index (χ4v) is 4.78. The first-order valence-electron chi connectivity index (χ1n) is 9.26. The van der Waals surface area contributed by atoms with E-state index < -0.39 is 11.6 Å². The number of hydrogen-bond acceptors (Lipinski definition) is 3. The number of nitrogens with zero attached hydrogens (tertiary/aromatic N) is 2. The molecule has 4 nitrogen and oxygen atoms in total. The summed E-state index contributed by atoms with van der Waals surface area (Å²) < 4.78 is 29.5. The summed E-state index contributed by atoms with van der Waals surface area (Å²) in [5, 5.41) is 3.26. The monoisotopic (exact) mass is 477 g/mol. The Morgan fingerprint density at radius 3 is 2.69 bits per heavy atom. The van der Waals surface area contributed by atoms with Crippen LogP contribution in [0.3, 0.4) is 0 Å². The second kappa shape index (κ2) is 8.67. The van der Waals surface area contributed by atoms with Crippen molar-refractivity contribution in [2.75, 3.05) is 11.1 Å². The number of hydrogen-bond donors (Lipinski definition) is 1. The van der Waals surface area contributed by atoms with Crippen LogP contribution in [0.25, 0.3) is 5.69 Å². The second-order valence-corrected chi connectivity index (χ2v) is 8.54. The van der Waals surface area contributed by atoms with E-state index >= 15 is 0 Å². The van der Waals surface area contributed by atoms with E-state index in [9.17, 15) is 13.6 Å². The molecule has 1 aromatic heterocycles. The van der Waals surface area contributed by atoms with Crippen molar-refractivity contribution in [3.8, 4) is 5.69 Å². The van der Waals surface area contributed by atoms with E-state index in [4.69, 9.17) is 4.98 Å². The molecule has 2 aromatic carbocycles. The SMILES string of the molecule is O=C(CSc1nc2c(n1-c1ccccc1)CCCC2)Nc1c(F)cc(F)cc1Br. The second-order valence-electron chi connectivity index (χ2n) is 6.75. The third-order valence-corrected chi connectivity index (χ3v) is 6.28. The van der Waals surface area contributed by atoms with E-state index in [1.54, 1.807) is 0 Å². The van der Waals surface area contributed by atoms with Gasteiger partial charge in [-0.2, -0.15) is 0 Å². The number of amides is 1. The largest absolute Gasteiger partial charge is 0.322 e. The van der Waals surface area contributed by atoms with Gasteiger partial charge < -0.3 is 5.32 Å². The lowest BCUT2D eigenvalue weighted by atomic mass is 10.0. The summed E-state index contributed by atoms with van der Waals surface area (Å²) in [6, 6.07) is 11.8. The molecule has 1 N–H and O–H groups in total. The quantitative estimate of drug-likeness (QED) is 0.491. The van der Waals surface area contributed by atoms with E-state index in [0.717, 1.165) is 54.4 Å². The number of anilines is 1. The first-order valence-corrected chi connectivity index (χ1v) is 11.0. The van der Waals surface area contributed by atoms with Gasteiger partial charge in [-0.05, 0) is 59.8 Å². The van der Waals surface area contributed by atoms with Gasteiger partial charge in [0.2, 0.25) is 5.91 Å². The summed E-state index contributed by atoms with van der Waals surface area (Å²) in [6.07, 6.45) is 4.12. The zero-order valence-electron chi connectivity index (χ0n) is 15.4. The van der Waals surface area contributed by atoms with Crippen molar-refractivity contribution in [2.24, 2.45) is 0 Å². The number of halogens is 3. The van der Waals surface area contributed by atoms with Gasteiger partial charge in [-0.15, -0.1) is 0 Å². The van der Waals surface area contributed by atoms with Gasteiger partial charge in [-0.25, -0.2) is 13.8 Å². The average molecular weight is 478 g/mol. The van der Waals surface area contributed by atoms with E-state index in [1.807, 2.05) is 30.3 Å². The van der Waals surface area contributed by atoms with Crippen molar-refractivity contribution in [1.29, 1.82) is 0 Å². The average Bonchev–Trinajstić information content (AvgIpc) is 3.08. The number of aromatic nitrogens is 2. The summed E-state index contributed by atoms with van der Waals surface area (Å²) in [7, 11) is 0. The van der Waals surface area contributed by atoms with Crippen LogP contribution in [0.2, 0.25) is 0 Å². The molecule has 0 aliphatic heterocycles. The van der Waals surface area contributed by atoms with Crippen LogP contribution in [0.4, 0.5) is 14.5 Å². The van der Waals surface area contributed by atoms with Crippen LogP contribution in [-0.4, -0.2) is 21.2 Å². The zero-order chi connectivity index (χ0) is 20.4. The van der Waals surface area contributed by atoms with Crippen molar-refractivity contribution in [3.05, 3.63) is 70.0 Å². The maximum absolute atomic E-state index is 14.0. The summed E-state index contributed by atoms with van der Waals surface area (Å²) in [6.45, 7) is 0. The Labute approximate surface area is 179 Å². The van der Waals surface area contributed by atoms with E-state index in [0.29, 0.717) is 0 Å². The van der Waals surface area contributed by atoms with Crippen LogP contribution >= 0.6 is 27.7 Å². The maximum atomic E-state index is 14.0. The van der Waals surface area contributed by atoms with Crippen molar-refractivity contribution in [2.45, 2.75) is 30.8 Å². The van der Waals surface area contributed by atoms with E-state index in [-0.39, 0.29) is 21.8 Å². The highest BCUT2D eigenvalue weighted by Crippen LogP contribution is 2.31. The molecule has 0 unspecified atom stereocenters. The summed E-state index contributed by atoms with van der Waals surface area (Å²) in [5.41, 5.74) is 3.22. The number of aryl methyl sites for hydroxylation is 1. The Kier molecular flexibility index (Phi) is 6.01. The highest BCUT2D eigenvalue weighted by Gasteiger charge is 2.22. The number of thioether (sulfide) groups is 1. The molecule has 29 heavy (non-hydrogen) atoms. The standard InChI is InChI=1S/C21H18BrF2N3OS/c22-15-10-13(23)11-16(24)20(15)26-19(28)12-29-21-25-17-8-4-5-9-18(17)27(21)14-6-2-1-3-7-14/h1-3,6-7,10-11H,4-5,8-9,12H2,(H,26,28). The molecule has 150 valence electrons. The molecule has 4 rings (SSSR count). The Bertz CT molecular complexity index is 1030. The number of carbonyl (C=O) groups is 1. The van der Waals surface area contributed by atoms with Crippen LogP contribution in [0, 0.1) is 11.6 Å². The Morgan fingerprint density at radius 1 is 1.17 bits per heavy atom. The van der Waals surface area contributed by atoms with Crippen molar-refractivity contribution < 1.29 is 13.6 Å². The van der Waals surface area contributed by atoms with Crippen LogP contribution in [-0.2, 0) is 17.6 Å². The fraction of sp³-hybridized carbons (Fsp3) is 0.238. The third-order valence-electron chi connectivity index (χ3n) is 4.72. The van der Waals surface area contributed by atoms with Gasteiger partial charge in [-0.3, -0.25) is 9.36 Å². The molecule has 0 atom stereocenters. The summed E-state index contributed by atoms with van der Waals surface area (Å²) in [5.74, 6) is -1.86. The minimum Gasteiger partial charge on any atom is -0.322 e. The van der Waals surface area contributed by atoms with Crippen LogP contribution < -0.4 is 5.32 Å². The van der Waals surface area contributed by atoms with Crippen molar-refractivity contribution >= 4 is 39.3 Å². The normalized spacial score (nSPS) is 13.2. The van der Waals surface area contributed by atoms with Gasteiger partial charge in [0.05, 0.1) is 17.1 Å². The van der Waals surface area contributed by atoms with Gasteiger partial charge >= 0.3 is 0 Å². The van der Waals surface area contributed by atoms with Crippen LogP contribution in [0.1, 0.15) is 24.2 Å².